The second-order valence-corrected chi connectivity index (χ2v) is 7.04. The van der Waals surface area contributed by atoms with Gasteiger partial charge in [-0.1, -0.05) is 18.9 Å². The highest BCUT2D eigenvalue weighted by molar-refractivity contribution is 6.08. The Bertz CT molecular complexity index is 813. The first-order valence-corrected chi connectivity index (χ1v) is 9.18. The molecule has 9 nitrogen and oxygen atoms in total. The van der Waals surface area contributed by atoms with Crippen LogP contribution in [0.5, 0.6) is 0 Å². The first-order valence-electron chi connectivity index (χ1n) is 9.18. The first kappa shape index (κ1) is 19.5. The zero-order valence-corrected chi connectivity index (χ0v) is 15.3. The molecule has 0 radical (unpaired) electrons. The molecule has 4 N–H and O–H groups in total. The summed E-state index contributed by atoms with van der Waals surface area (Å²) in [5, 5.41) is 4.95. The Hall–Kier alpha value is -3.23. The van der Waals surface area contributed by atoms with Gasteiger partial charge in [0.05, 0.1) is 18.4 Å². The number of anilines is 1. The maximum atomic E-state index is 12.4. The lowest BCUT2D eigenvalue weighted by Crippen LogP contribution is -2.38. The van der Waals surface area contributed by atoms with Crippen molar-refractivity contribution in [3.8, 4) is 0 Å². The Balaban J connectivity index is 1.61. The van der Waals surface area contributed by atoms with Crippen LogP contribution < -0.4 is 16.4 Å². The van der Waals surface area contributed by atoms with Crippen molar-refractivity contribution in [1.82, 2.24) is 10.2 Å². The Morgan fingerprint density at radius 3 is 2.32 bits per heavy atom. The average molecular weight is 386 g/mol. The second-order valence-electron chi connectivity index (χ2n) is 7.04. The molecule has 5 amide bonds. The largest absolute Gasteiger partial charge is 0.368 e. The summed E-state index contributed by atoms with van der Waals surface area (Å²) in [6, 6.07) is 6.09. The zero-order valence-electron chi connectivity index (χ0n) is 15.3. The minimum Gasteiger partial charge on any atom is -0.368 e. The van der Waals surface area contributed by atoms with E-state index in [0.717, 1.165) is 17.7 Å². The number of fused-ring (bicyclic) bond motifs is 1. The molecule has 3 rings (SSSR count). The van der Waals surface area contributed by atoms with E-state index in [2.05, 4.69) is 10.6 Å². The normalized spacial score (nSPS) is 21.2. The van der Waals surface area contributed by atoms with Crippen molar-refractivity contribution in [1.29, 1.82) is 0 Å². The highest BCUT2D eigenvalue weighted by atomic mass is 16.2. The van der Waals surface area contributed by atoms with Crippen LogP contribution in [0.1, 0.15) is 36.0 Å². The lowest BCUT2D eigenvalue weighted by atomic mass is 9.81. The van der Waals surface area contributed by atoms with Crippen molar-refractivity contribution >= 4 is 35.2 Å². The Kier molecular flexibility index (Phi) is 5.72. The van der Waals surface area contributed by atoms with Gasteiger partial charge in [0.15, 0.2) is 0 Å². The Labute approximate surface area is 161 Å². The van der Waals surface area contributed by atoms with Gasteiger partial charge in [-0.15, -0.1) is 0 Å². The van der Waals surface area contributed by atoms with E-state index >= 15 is 0 Å². The molecule has 2 fully saturated rings. The molecule has 1 heterocycles. The third-order valence-corrected chi connectivity index (χ3v) is 5.07. The van der Waals surface area contributed by atoms with E-state index in [9.17, 15) is 24.0 Å². The van der Waals surface area contributed by atoms with Gasteiger partial charge in [-0.05, 0) is 31.0 Å². The molecule has 148 valence electrons. The molecule has 1 saturated carbocycles. The fraction of sp³-hybridized carbons (Fsp3) is 0.421. The summed E-state index contributed by atoms with van der Waals surface area (Å²) in [4.78, 5) is 61.0. The molecule has 2 aliphatic rings. The van der Waals surface area contributed by atoms with Crippen molar-refractivity contribution in [2.75, 3.05) is 18.4 Å². The third kappa shape index (κ3) is 4.19. The number of carbonyl (C=O) groups excluding carboxylic acids is 5. The average Bonchev–Trinajstić information content (AvgIpc) is 2.91. The van der Waals surface area contributed by atoms with Crippen LogP contribution in [-0.4, -0.2) is 47.5 Å². The van der Waals surface area contributed by atoms with Crippen LogP contribution in [0.3, 0.4) is 0 Å². The predicted molar refractivity (Wildman–Crippen MR) is 98.8 cm³/mol. The van der Waals surface area contributed by atoms with Gasteiger partial charge in [-0.25, -0.2) is 0 Å². The zero-order chi connectivity index (χ0) is 20.3. The van der Waals surface area contributed by atoms with Crippen molar-refractivity contribution in [2.45, 2.75) is 25.7 Å². The summed E-state index contributed by atoms with van der Waals surface area (Å²) in [7, 11) is 0. The highest BCUT2D eigenvalue weighted by Gasteiger charge is 2.48. The Morgan fingerprint density at radius 2 is 1.71 bits per heavy atom. The molecular formula is C19H22N4O5. The van der Waals surface area contributed by atoms with Gasteiger partial charge in [0.25, 0.3) is 5.91 Å². The smallest absolute Gasteiger partial charge is 0.251 e. The van der Waals surface area contributed by atoms with Crippen molar-refractivity contribution in [3.05, 3.63) is 29.8 Å². The van der Waals surface area contributed by atoms with E-state index < -0.39 is 17.7 Å². The van der Waals surface area contributed by atoms with E-state index in [1.165, 1.54) is 12.1 Å². The van der Waals surface area contributed by atoms with Gasteiger partial charge in [0, 0.05) is 11.3 Å². The van der Waals surface area contributed by atoms with E-state index in [1.807, 2.05) is 0 Å². The van der Waals surface area contributed by atoms with Crippen LogP contribution in [0.2, 0.25) is 0 Å². The summed E-state index contributed by atoms with van der Waals surface area (Å²) in [5.74, 6) is -2.84. The van der Waals surface area contributed by atoms with Gasteiger partial charge in [-0.2, -0.15) is 0 Å². The number of nitrogens with two attached hydrogens (primary N) is 1. The van der Waals surface area contributed by atoms with Gasteiger partial charge in [0.2, 0.25) is 23.6 Å². The number of likely N-dealkylation sites (tertiary alicyclic amines) is 1. The van der Waals surface area contributed by atoms with Crippen LogP contribution in [0.25, 0.3) is 0 Å². The summed E-state index contributed by atoms with van der Waals surface area (Å²) >= 11 is 0. The molecule has 1 aliphatic carbocycles. The topological polar surface area (TPSA) is 139 Å². The number of amides is 5. The number of hydrogen-bond acceptors (Lipinski definition) is 5. The molecule has 1 aliphatic heterocycles. The van der Waals surface area contributed by atoms with Gasteiger partial charge in [-0.3, -0.25) is 28.9 Å². The number of nitrogens with one attached hydrogen (secondary N) is 2. The minimum atomic E-state index is -0.668. The summed E-state index contributed by atoms with van der Waals surface area (Å²) < 4.78 is 0. The van der Waals surface area contributed by atoms with Crippen LogP contribution in [0.4, 0.5) is 5.69 Å². The fourth-order valence-electron chi connectivity index (χ4n) is 3.74. The number of carbonyl (C=O) groups is 5. The number of rotatable bonds is 6. The second kappa shape index (κ2) is 8.20. The molecule has 2 unspecified atom stereocenters. The molecule has 1 aromatic rings. The summed E-state index contributed by atoms with van der Waals surface area (Å²) in [6.45, 7) is -0.639. The molecule has 0 aromatic heterocycles. The van der Waals surface area contributed by atoms with Gasteiger partial charge >= 0.3 is 0 Å². The fourth-order valence-corrected chi connectivity index (χ4v) is 3.74. The number of imide groups is 1. The lowest BCUT2D eigenvalue weighted by molar-refractivity contribution is -0.142. The van der Waals surface area contributed by atoms with Gasteiger partial charge in [0.1, 0.15) is 6.54 Å². The van der Waals surface area contributed by atoms with Crippen LogP contribution in [0.15, 0.2) is 24.3 Å². The van der Waals surface area contributed by atoms with Gasteiger partial charge < -0.3 is 16.4 Å². The minimum absolute atomic E-state index is 0.235. The number of nitrogens with zero attached hydrogens (tertiary/aromatic N) is 1. The quantitative estimate of drug-likeness (QED) is 0.591. The van der Waals surface area contributed by atoms with E-state index in [1.54, 1.807) is 12.1 Å². The molecule has 0 spiro atoms. The molecule has 28 heavy (non-hydrogen) atoms. The highest BCUT2D eigenvalue weighted by Crippen LogP contribution is 2.37. The molecule has 1 aromatic carbocycles. The first-order chi connectivity index (χ1) is 13.4. The van der Waals surface area contributed by atoms with Crippen molar-refractivity contribution in [3.63, 3.8) is 0 Å². The lowest BCUT2D eigenvalue weighted by Gasteiger charge is -2.19. The van der Waals surface area contributed by atoms with Crippen LogP contribution >= 0.6 is 0 Å². The number of benzene rings is 1. The van der Waals surface area contributed by atoms with Crippen molar-refractivity contribution in [2.24, 2.45) is 17.6 Å². The van der Waals surface area contributed by atoms with Crippen LogP contribution in [0, 0.1) is 11.8 Å². The summed E-state index contributed by atoms with van der Waals surface area (Å²) in [5.41, 5.74) is 5.56. The monoisotopic (exact) mass is 386 g/mol. The van der Waals surface area contributed by atoms with E-state index in [4.69, 9.17) is 5.73 Å². The number of primary amides is 1. The molecule has 1 saturated heterocycles. The molecular weight excluding hydrogens is 364 g/mol. The maximum Gasteiger partial charge on any atom is 0.251 e. The molecule has 2 atom stereocenters. The van der Waals surface area contributed by atoms with E-state index in [0.29, 0.717) is 18.5 Å². The van der Waals surface area contributed by atoms with Crippen molar-refractivity contribution < 1.29 is 24.0 Å². The third-order valence-electron chi connectivity index (χ3n) is 5.07. The molecule has 0 bridgehead atoms. The summed E-state index contributed by atoms with van der Waals surface area (Å²) in [6.07, 6.45) is 3.22. The molecule has 9 heteroatoms. The SMILES string of the molecule is NC(=O)CNC(=O)c1cccc(NC(=O)CN2C(=O)C3CCCCC3C2=O)c1. The maximum absolute atomic E-state index is 12.4. The predicted octanol–water partition coefficient (Wildman–Crippen LogP) is 0.0154. The number of hydrogen-bond donors (Lipinski definition) is 3. The Morgan fingerprint density at radius 1 is 1.07 bits per heavy atom. The van der Waals surface area contributed by atoms with Crippen LogP contribution in [-0.2, 0) is 19.2 Å². The van der Waals surface area contributed by atoms with E-state index in [-0.39, 0.29) is 42.3 Å². The standard InChI is InChI=1S/C19H22N4O5/c20-15(24)9-21-17(26)11-4-3-5-12(8-11)22-16(25)10-23-18(27)13-6-1-2-7-14(13)19(23)28/h3-5,8,13-14H,1-2,6-7,9-10H2,(H2,20,24)(H,21,26)(H,22,25).